The Hall–Kier alpha value is -5.01. The number of carbonyl (C=O) groups is 3. The number of ether oxygens (including phenoxy) is 2. The minimum Gasteiger partial charge on any atom is -0.453 e. The number of nitrogens with zero attached hydrogens (tertiary/aromatic N) is 4. The average molecular weight is 737 g/mol. The first-order chi connectivity index (χ1) is 26.2. The number of imidazole rings is 2. The Morgan fingerprint density at radius 1 is 0.741 bits per heavy atom. The maximum atomic E-state index is 13.5. The van der Waals surface area contributed by atoms with Gasteiger partial charge in [-0.3, -0.25) is 9.59 Å². The molecule has 54 heavy (non-hydrogen) atoms. The SMILES string of the molecule is COC(=O)N[C@H](C(=O)N1CCCC1c1ncc(-c2ccc(-c3ccc(-c4cnc([C@@H]5CCCN5C(=O)[C@@H](C)NC5CCOCC5)[nH]4)cc3)cc2)[nH]1)C(C)C. The molecule has 3 fully saturated rings. The second-order valence-corrected chi connectivity index (χ2v) is 15.0. The summed E-state index contributed by atoms with van der Waals surface area (Å²) in [4.78, 5) is 59.1. The Labute approximate surface area is 316 Å². The topological polar surface area (TPSA) is 158 Å². The molecule has 3 aliphatic heterocycles. The number of aromatic amines is 2. The smallest absolute Gasteiger partial charge is 0.407 e. The number of rotatable bonds is 11. The molecule has 0 spiro atoms. The molecular formula is C41H52N8O5. The molecule has 2 aromatic heterocycles. The lowest BCUT2D eigenvalue weighted by Crippen LogP contribution is -2.51. The van der Waals surface area contributed by atoms with Gasteiger partial charge in [-0.1, -0.05) is 62.4 Å². The largest absolute Gasteiger partial charge is 0.453 e. The Balaban J connectivity index is 0.978. The first-order valence-electron chi connectivity index (χ1n) is 19.3. The third kappa shape index (κ3) is 8.07. The highest BCUT2D eigenvalue weighted by atomic mass is 16.5. The minimum atomic E-state index is -0.676. The number of methoxy groups -OCH3 is 1. The van der Waals surface area contributed by atoms with Crippen LogP contribution in [-0.2, 0) is 19.1 Å². The fourth-order valence-corrected chi connectivity index (χ4v) is 8.04. The molecule has 0 radical (unpaired) electrons. The molecule has 0 saturated carbocycles. The number of amides is 3. The molecule has 286 valence electrons. The van der Waals surface area contributed by atoms with Crippen molar-refractivity contribution in [2.24, 2.45) is 5.92 Å². The molecule has 13 heteroatoms. The summed E-state index contributed by atoms with van der Waals surface area (Å²) in [5.41, 5.74) is 6.01. The van der Waals surface area contributed by atoms with Crippen LogP contribution in [-0.4, -0.2) is 99.2 Å². The van der Waals surface area contributed by atoms with Crippen molar-refractivity contribution in [1.29, 1.82) is 0 Å². The van der Waals surface area contributed by atoms with Crippen LogP contribution in [0.15, 0.2) is 60.9 Å². The normalized spacial score (nSPS) is 20.3. The predicted octanol–water partition coefficient (Wildman–Crippen LogP) is 6.00. The molecule has 13 nitrogen and oxygen atoms in total. The summed E-state index contributed by atoms with van der Waals surface area (Å²) in [5, 5.41) is 6.23. The van der Waals surface area contributed by atoms with Gasteiger partial charge in [0, 0.05) is 32.3 Å². The molecule has 0 aliphatic carbocycles. The zero-order chi connectivity index (χ0) is 37.8. The van der Waals surface area contributed by atoms with Gasteiger partial charge in [-0.2, -0.15) is 0 Å². The molecule has 5 heterocycles. The van der Waals surface area contributed by atoms with E-state index >= 15 is 0 Å². The van der Waals surface area contributed by atoms with Gasteiger partial charge in [-0.15, -0.1) is 0 Å². The fraction of sp³-hybridized carbons (Fsp3) is 0.488. The van der Waals surface area contributed by atoms with Crippen LogP contribution in [0.25, 0.3) is 33.6 Å². The van der Waals surface area contributed by atoms with Crippen LogP contribution in [0, 0.1) is 5.92 Å². The second-order valence-electron chi connectivity index (χ2n) is 15.0. The first-order valence-corrected chi connectivity index (χ1v) is 19.3. The van der Waals surface area contributed by atoms with E-state index in [2.05, 4.69) is 74.1 Å². The Morgan fingerprint density at radius 2 is 1.22 bits per heavy atom. The van der Waals surface area contributed by atoms with Gasteiger partial charge in [0.05, 0.1) is 49.0 Å². The van der Waals surface area contributed by atoms with E-state index in [0.717, 1.165) is 104 Å². The highest BCUT2D eigenvalue weighted by Crippen LogP contribution is 2.35. The Kier molecular flexibility index (Phi) is 11.4. The predicted molar refractivity (Wildman–Crippen MR) is 205 cm³/mol. The minimum absolute atomic E-state index is 0.0545. The van der Waals surface area contributed by atoms with Gasteiger partial charge in [0.2, 0.25) is 11.8 Å². The van der Waals surface area contributed by atoms with Crippen LogP contribution in [0.5, 0.6) is 0 Å². The first kappa shape index (κ1) is 37.3. The van der Waals surface area contributed by atoms with E-state index in [1.54, 1.807) is 0 Å². The second kappa shape index (κ2) is 16.6. The number of alkyl carbamates (subject to hydrolysis) is 1. The van der Waals surface area contributed by atoms with E-state index in [9.17, 15) is 14.4 Å². The lowest BCUT2D eigenvalue weighted by molar-refractivity contribution is -0.135. The van der Waals surface area contributed by atoms with Gasteiger partial charge in [0.1, 0.15) is 17.7 Å². The van der Waals surface area contributed by atoms with Gasteiger partial charge in [-0.05, 0) is 73.6 Å². The van der Waals surface area contributed by atoms with Crippen molar-refractivity contribution in [3.05, 3.63) is 72.6 Å². The number of hydrogen-bond acceptors (Lipinski definition) is 8. The molecule has 4 N–H and O–H groups in total. The molecule has 4 atom stereocenters. The van der Waals surface area contributed by atoms with E-state index in [4.69, 9.17) is 14.5 Å². The number of nitrogens with one attached hydrogen (secondary N) is 4. The molecule has 0 bridgehead atoms. The number of hydrogen-bond donors (Lipinski definition) is 4. The molecule has 3 saturated heterocycles. The molecular weight excluding hydrogens is 685 g/mol. The molecule has 3 amide bonds. The van der Waals surface area contributed by atoms with Crippen LogP contribution < -0.4 is 10.6 Å². The highest BCUT2D eigenvalue weighted by molar-refractivity contribution is 5.86. The lowest BCUT2D eigenvalue weighted by Gasteiger charge is -2.30. The summed E-state index contributed by atoms with van der Waals surface area (Å²) in [6.07, 6.45) is 8.45. The van der Waals surface area contributed by atoms with Gasteiger partial charge >= 0.3 is 6.09 Å². The monoisotopic (exact) mass is 736 g/mol. The fourth-order valence-electron chi connectivity index (χ4n) is 8.04. The van der Waals surface area contributed by atoms with Gasteiger partial charge in [0.25, 0.3) is 0 Å². The van der Waals surface area contributed by atoms with Crippen LogP contribution in [0.4, 0.5) is 4.79 Å². The van der Waals surface area contributed by atoms with E-state index in [1.165, 1.54) is 7.11 Å². The van der Waals surface area contributed by atoms with Crippen molar-refractivity contribution < 1.29 is 23.9 Å². The van der Waals surface area contributed by atoms with Crippen LogP contribution >= 0.6 is 0 Å². The summed E-state index contributed by atoms with van der Waals surface area (Å²) >= 11 is 0. The average Bonchev–Trinajstić information content (AvgIpc) is 4.03. The van der Waals surface area contributed by atoms with Gasteiger partial charge in [0.15, 0.2) is 0 Å². The number of carbonyl (C=O) groups excluding carboxylic acids is 3. The highest BCUT2D eigenvalue weighted by Gasteiger charge is 2.38. The Morgan fingerprint density at radius 3 is 1.70 bits per heavy atom. The van der Waals surface area contributed by atoms with Crippen molar-refractivity contribution in [3.8, 4) is 33.6 Å². The maximum Gasteiger partial charge on any atom is 0.407 e. The van der Waals surface area contributed by atoms with Crippen LogP contribution in [0.1, 0.15) is 83.0 Å². The molecule has 3 aliphatic rings. The van der Waals surface area contributed by atoms with E-state index in [1.807, 2.05) is 43.0 Å². The van der Waals surface area contributed by atoms with E-state index < -0.39 is 12.1 Å². The van der Waals surface area contributed by atoms with Gasteiger partial charge in [-0.25, -0.2) is 14.8 Å². The number of aromatic nitrogens is 4. The maximum absolute atomic E-state index is 13.5. The molecule has 7 rings (SSSR count). The standard InChI is InChI=1S/C41H52N8O5/c1-25(2)36(47-41(52)53-4)40(51)49-20-6-8-35(49)38-43-24-33(46-38)30-15-11-28(12-16-30)27-9-13-29(14-10-27)32-23-42-37(45-32)34-7-5-19-48(34)39(50)26(3)44-31-17-21-54-22-18-31/h9-16,23-26,31,34-36,44H,5-8,17-22H2,1-4H3,(H,42,45)(H,43,46)(H,47,52)/t26-,34+,35?,36+/m1/s1. The lowest BCUT2D eigenvalue weighted by atomic mass is 10.0. The van der Waals surface area contributed by atoms with Crippen LogP contribution in [0.2, 0.25) is 0 Å². The van der Waals surface area contributed by atoms with Crippen molar-refractivity contribution in [2.75, 3.05) is 33.4 Å². The summed E-state index contributed by atoms with van der Waals surface area (Å²) in [7, 11) is 1.30. The third-order valence-electron chi connectivity index (χ3n) is 11.1. The Bertz CT molecular complexity index is 1900. The number of benzene rings is 2. The summed E-state index contributed by atoms with van der Waals surface area (Å²) < 4.78 is 10.2. The molecule has 1 unspecified atom stereocenters. The van der Waals surface area contributed by atoms with Crippen molar-refractivity contribution in [3.63, 3.8) is 0 Å². The summed E-state index contributed by atoms with van der Waals surface area (Å²) in [6, 6.07) is 15.9. The van der Waals surface area contributed by atoms with E-state index in [-0.39, 0.29) is 35.9 Å². The zero-order valence-corrected chi connectivity index (χ0v) is 31.6. The molecule has 4 aromatic rings. The van der Waals surface area contributed by atoms with E-state index in [0.29, 0.717) is 12.6 Å². The third-order valence-corrected chi connectivity index (χ3v) is 11.1. The number of likely N-dealkylation sites (tertiary alicyclic amines) is 2. The number of H-pyrrole nitrogens is 2. The van der Waals surface area contributed by atoms with Crippen molar-refractivity contribution >= 4 is 17.9 Å². The van der Waals surface area contributed by atoms with Crippen molar-refractivity contribution in [1.82, 2.24) is 40.4 Å². The summed E-state index contributed by atoms with van der Waals surface area (Å²) in [6.45, 7) is 8.62. The van der Waals surface area contributed by atoms with Crippen LogP contribution in [0.3, 0.4) is 0 Å². The van der Waals surface area contributed by atoms with Gasteiger partial charge < -0.3 is 39.9 Å². The zero-order valence-electron chi connectivity index (χ0n) is 31.6. The molecule has 2 aromatic carbocycles. The van der Waals surface area contributed by atoms with Crippen molar-refractivity contribution in [2.45, 2.75) is 89.5 Å². The quantitative estimate of drug-likeness (QED) is 0.146. The summed E-state index contributed by atoms with van der Waals surface area (Å²) in [5.74, 6) is 1.48.